The number of unbranched alkanes of at least 4 members (excludes halogenated alkanes) is 1. The van der Waals surface area contributed by atoms with E-state index in [9.17, 15) is 29.1 Å². The predicted octanol–water partition coefficient (Wildman–Crippen LogP) is -2.42. The second kappa shape index (κ2) is 24.4. The molecule has 55 heavy (non-hydrogen) atoms. The second-order valence-corrected chi connectivity index (χ2v) is 13.1. The molecule has 0 radical (unpaired) electrons. The number of phenols is 1. The summed E-state index contributed by atoms with van der Waals surface area (Å²) in [5.74, 6) is -4.01. The summed E-state index contributed by atoms with van der Waals surface area (Å²) in [6.45, 7) is 0.893. The third kappa shape index (κ3) is 18.1. The van der Waals surface area contributed by atoms with Crippen LogP contribution in [0.1, 0.15) is 56.1 Å². The molecule has 0 aliphatic rings. The van der Waals surface area contributed by atoms with Gasteiger partial charge in [-0.15, -0.1) is 0 Å². The number of aromatic hydroxyl groups is 1. The summed E-state index contributed by atoms with van der Waals surface area (Å²) in [4.78, 5) is 67.1. The first-order valence-corrected chi connectivity index (χ1v) is 18.1. The Balaban J connectivity index is 2.36. The van der Waals surface area contributed by atoms with Crippen molar-refractivity contribution in [3.8, 4) is 5.75 Å². The molecule has 0 heterocycles. The molecule has 5 atom stereocenters. The molecule has 2 rings (SSSR count). The molecule has 302 valence electrons. The molecule has 5 amide bonds. The van der Waals surface area contributed by atoms with Crippen LogP contribution in [0.2, 0.25) is 0 Å². The van der Waals surface area contributed by atoms with Gasteiger partial charge in [-0.25, -0.2) is 0 Å². The summed E-state index contributed by atoms with van der Waals surface area (Å²) >= 11 is 0. The van der Waals surface area contributed by atoms with Gasteiger partial charge in [0, 0.05) is 25.9 Å². The molecule has 0 aliphatic heterocycles. The lowest BCUT2D eigenvalue weighted by Gasteiger charge is -2.27. The van der Waals surface area contributed by atoms with Crippen LogP contribution in [0.25, 0.3) is 0 Å². The fourth-order valence-electron chi connectivity index (χ4n) is 5.48. The molecular formula is C36H57N13O6. The molecule has 2 aromatic carbocycles. The average molecular weight is 768 g/mol. The van der Waals surface area contributed by atoms with E-state index >= 15 is 0 Å². The zero-order valence-electron chi connectivity index (χ0n) is 30.9. The van der Waals surface area contributed by atoms with E-state index in [0.29, 0.717) is 43.5 Å². The van der Waals surface area contributed by atoms with Gasteiger partial charge < -0.3 is 65.7 Å². The van der Waals surface area contributed by atoms with E-state index in [1.165, 1.54) is 12.1 Å². The van der Waals surface area contributed by atoms with E-state index in [4.69, 9.17) is 39.5 Å². The highest BCUT2D eigenvalue weighted by Crippen LogP contribution is 2.13. The summed E-state index contributed by atoms with van der Waals surface area (Å²) < 4.78 is 0. The van der Waals surface area contributed by atoms with E-state index in [1.807, 2.05) is 0 Å². The van der Waals surface area contributed by atoms with Crippen molar-refractivity contribution in [3.63, 3.8) is 0 Å². The van der Waals surface area contributed by atoms with Crippen molar-refractivity contribution in [1.82, 2.24) is 31.9 Å². The van der Waals surface area contributed by atoms with Crippen molar-refractivity contribution in [1.29, 1.82) is 10.8 Å². The minimum Gasteiger partial charge on any atom is -0.508 e. The molecule has 0 bridgehead atoms. The van der Waals surface area contributed by atoms with Gasteiger partial charge in [-0.1, -0.05) is 42.5 Å². The Kier molecular flexibility index (Phi) is 20.0. The molecule has 0 spiro atoms. The van der Waals surface area contributed by atoms with Gasteiger partial charge in [-0.05, 0) is 74.8 Å². The van der Waals surface area contributed by atoms with Gasteiger partial charge >= 0.3 is 0 Å². The van der Waals surface area contributed by atoms with Gasteiger partial charge in [0.2, 0.25) is 29.5 Å². The van der Waals surface area contributed by atoms with Crippen LogP contribution in [0, 0.1) is 10.8 Å². The summed E-state index contributed by atoms with van der Waals surface area (Å²) in [6.07, 6.45) is 2.31. The van der Waals surface area contributed by atoms with Crippen molar-refractivity contribution in [2.24, 2.45) is 28.7 Å². The molecule has 0 saturated heterocycles. The zero-order chi connectivity index (χ0) is 40.8. The molecule has 0 aliphatic carbocycles. The number of hydrogen-bond acceptors (Lipinski definition) is 10. The third-order valence-electron chi connectivity index (χ3n) is 8.49. The SMILES string of the molecule is N=C(N)NCCC[C@@H](N)C(=O)N[C@@H](Cc1ccc(O)cc1)C(=O)N[C@H](CCCNC(=N)N)C(=O)N[C@@H](Cc1ccccc1)C(=O)N[C@@H](CCCCN)C(N)=O. The Labute approximate surface area is 320 Å². The van der Waals surface area contributed by atoms with E-state index in [2.05, 4.69) is 31.9 Å². The van der Waals surface area contributed by atoms with E-state index in [1.54, 1.807) is 42.5 Å². The van der Waals surface area contributed by atoms with Crippen LogP contribution in [0.5, 0.6) is 5.75 Å². The number of primary amides is 1. The minimum atomic E-state index is -1.24. The topological polar surface area (TPSA) is 356 Å². The highest BCUT2D eigenvalue weighted by molar-refractivity contribution is 5.96. The van der Waals surface area contributed by atoms with Gasteiger partial charge in [0.05, 0.1) is 6.04 Å². The first kappa shape index (κ1) is 45.2. The Morgan fingerprint density at radius 3 is 1.56 bits per heavy atom. The molecule has 19 nitrogen and oxygen atoms in total. The Hall–Kier alpha value is -5.95. The van der Waals surface area contributed by atoms with Crippen LogP contribution in [-0.4, -0.2) is 96.4 Å². The number of carbonyl (C=O) groups is 5. The molecule has 0 saturated carbocycles. The first-order chi connectivity index (χ1) is 26.2. The summed E-state index contributed by atoms with van der Waals surface area (Å²) in [5.41, 5.74) is 29.3. The van der Waals surface area contributed by atoms with E-state index in [0.717, 1.165) is 0 Å². The molecule has 2 aromatic rings. The van der Waals surface area contributed by atoms with Gasteiger partial charge in [-0.2, -0.15) is 0 Å². The maximum Gasteiger partial charge on any atom is 0.243 e. The number of phenolic OH excluding ortho intramolecular Hbond substituents is 1. The second-order valence-electron chi connectivity index (χ2n) is 13.1. The molecule has 19 heteroatoms. The summed E-state index contributed by atoms with van der Waals surface area (Å²) in [6, 6.07) is 9.21. The predicted molar refractivity (Wildman–Crippen MR) is 208 cm³/mol. The quantitative estimate of drug-likeness (QED) is 0.0285. The van der Waals surface area contributed by atoms with Gasteiger partial charge in [0.1, 0.15) is 29.9 Å². The Bertz CT molecular complexity index is 1560. The van der Waals surface area contributed by atoms with Gasteiger partial charge in [0.25, 0.3) is 0 Å². The number of rotatable bonds is 25. The van der Waals surface area contributed by atoms with E-state index < -0.39 is 59.7 Å². The lowest BCUT2D eigenvalue weighted by atomic mass is 10.0. The van der Waals surface area contributed by atoms with Crippen LogP contribution >= 0.6 is 0 Å². The molecule has 0 aromatic heterocycles. The fraction of sp³-hybridized carbons (Fsp3) is 0.472. The Morgan fingerprint density at radius 2 is 1.04 bits per heavy atom. The number of hydrogen-bond donors (Lipinski definition) is 14. The van der Waals surface area contributed by atoms with Gasteiger partial charge in [0.15, 0.2) is 11.9 Å². The zero-order valence-corrected chi connectivity index (χ0v) is 30.9. The van der Waals surface area contributed by atoms with Crippen molar-refractivity contribution in [3.05, 3.63) is 65.7 Å². The van der Waals surface area contributed by atoms with Crippen LogP contribution < -0.4 is 60.6 Å². The molecular weight excluding hydrogens is 710 g/mol. The van der Waals surface area contributed by atoms with Crippen LogP contribution in [-0.2, 0) is 36.8 Å². The highest BCUT2D eigenvalue weighted by atomic mass is 16.3. The highest BCUT2D eigenvalue weighted by Gasteiger charge is 2.32. The maximum absolute atomic E-state index is 14.0. The first-order valence-electron chi connectivity index (χ1n) is 18.1. The monoisotopic (exact) mass is 767 g/mol. The third-order valence-corrected chi connectivity index (χ3v) is 8.49. The maximum atomic E-state index is 14.0. The van der Waals surface area contributed by atoms with Crippen molar-refractivity contribution in [2.75, 3.05) is 19.6 Å². The van der Waals surface area contributed by atoms with Gasteiger partial charge in [-0.3, -0.25) is 34.8 Å². The Morgan fingerprint density at radius 1 is 0.582 bits per heavy atom. The minimum absolute atomic E-state index is 0.00214. The molecule has 0 unspecified atom stereocenters. The average Bonchev–Trinajstić information content (AvgIpc) is 3.14. The van der Waals surface area contributed by atoms with Crippen LogP contribution in [0.4, 0.5) is 0 Å². The largest absolute Gasteiger partial charge is 0.508 e. The number of benzene rings is 2. The van der Waals surface area contributed by atoms with Crippen molar-refractivity contribution < 1.29 is 29.1 Å². The van der Waals surface area contributed by atoms with Crippen LogP contribution in [0.3, 0.4) is 0 Å². The van der Waals surface area contributed by atoms with E-state index in [-0.39, 0.29) is 62.7 Å². The standard InChI is InChI=1S/C36H57N13O6/c37-17-5-4-11-26(30(39)51)46-33(54)29(20-22-8-2-1-3-9-22)49-32(53)27(12-7-19-45-36(42)43)47-34(55)28(21-23-13-15-24(50)16-14-23)48-31(52)25(38)10-6-18-44-35(40)41/h1-3,8-9,13-16,25-29,50H,4-7,10-12,17-21,37-38H2,(H2,39,51)(H,46,54)(H,47,55)(H,48,52)(H,49,53)(H4,40,41,44)(H4,42,43,45)/t25-,26+,27-,28+,29+/m1/s1. The fourth-order valence-corrected chi connectivity index (χ4v) is 5.48. The number of amides is 5. The normalized spacial score (nSPS) is 13.5. The number of nitrogens with one attached hydrogen (secondary N) is 8. The smallest absolute Gasteiger partial charge is 0.243 e. The lowest BCUT2D eigenvalue weighted by molar-refractivity contribution is -0.134. The summed E-state index contributed by atoms with van der Waals surface area (Å²) in [7, 11) is 0. The lowest BCUT2D eigenvalue weighted by Crippen LogP contribution is -2.59. The molecule has 0 fully saturated rings. The van der Waals surface area contributed by atoms with Crippen molar-refractivity contribution >= 4 is 41.5 Å². The molecule has 19 N–H and O–H groups in total. The number of guanidine groups is 2. The van der Waals surface area contributed by atoms with Crippen molar-refractivity contribution in [2.45, 2.75) is 88.0 Å². The number of carbonyl (C=O) groups excluding carboxylic acids is 5. The summed E-state index contributed by atoms with van der Waals surface area (Å²) in [5, 5.41) is 40.6. The van der Waals surface area contributed by atoms with Crippen LogP contribution in [0.15, 0.2) is 54.6 Å². The number of nitrogens with two attached hydrogens (primary N) is 5.